The molecule has 0 spiro atoms. The lowest BCUT2D eigenvalue weighted by atomic mass is 10.3. The van der Waals surface area contributed by atoms with Crippen molar-refractivity contribution in [2.75, 3.05) is 5.75 Å². The molecule has 1 aromatic rings. The lowest BCUT2D eigenvalue weighted by Crippen LogP contribution is -2.17. The number of rotatable bonds is 4. The van der Waals surface area contributed by atoms with E-state index in [0.29, 0.717) is 0 Å². The number of benzene rings is 1. The summed E-state index contributed by atoms with van der Waals surface area (Å²) in [6.07, 6.45) is 0. The van der Waals surface area contributed by atoms with Gasteiger partial charge in [-0.2, -0.15) is 0 Å². The van der Waals surface area contributed by atoms with Crippen LogP contribution in [-0.4, -0.2) is 16.7 Å². The first-order valence-electron chi connectivity index (χ1n) is 4.22. The van der Waals surface area contributed by atoms with Gasteiger partial charge >= 0.3 is 0 Å². The fourth-order valence-corrected chi connectivity index (χ4v) is 1.68. The molecule has 14 heavy (non-hydrogen) atoms. The SMILES string of the molecule is C[C@@H](N)CSc1ccc([N+](=O)[O-])cc1. The molecule has 0 aromatic heterocycles. The van der Waals surface area contributed by atoms with Gasteiger partial charge in [-0.1, -0.05) is 0 Å². The first kappa shape index (κ1) is 11.0. The molecule has 0 unspecified atom stereocenters. The van der Waals surface area contributed by atoms with Gasteiger partial charge in [-0.3, -0.25) is 10.1 Å². The van der Waals surface area contributed by atoms with Crippen molar-refractivity contribution in [3.05, 3.63) is 34.4 Å². The van der Waals surface area contributed by atoms with E-state index in [1.807, 2.05) is 6.92 Å². The first-order valence-corrected chi connectivity index (χ1v) is 5.21. The zero-order chi connectivity index (χ0) is 10.6. The number of hydrogen-bond donors (Lipinski definition) is 1. The van der Waals surface area contributed by atoms with E-state index in [9.17, 15) is 10.1 Å². The molecule has 4 nitrogen and oxygen atoms in total. The Morgan fingerprint density at radius 1 is 1.50 bits per heavy atom. The quantitative estimate of drug-likeness (QED) is 0.471. The normalized spacial score (nSPS) is 12.4. The van der Waals surface area contributed by atoms with Crippen LogP contribution in [0.5, 0.6) is 0 Å². The minimum absolute atomic E-state index is 0.121. The molecule has 0 fully saturated rings. The van der Waals surface area contributed by atoms with Crippen molar-refractivity contribution < 1.29 is 4.92 Å². The summed E-state index contributed by atoms with van der Waals surface area (Å²) < 4.78 is 0. The summed E-state index contributed by atoms with van der Waals surface area (Å²) in [5, 5.41) is 10.4. The van der Waals surface area contributed by atoms with E-state index in [4.69, 9.17) is 5.73 Å². The van der Waals surface area contributed by atoms with Gasteiger partial charge in [0.1, 0.15) is 0 Å². The number of hydrogen-bond acceptors (Lipinski definition) is 4. The van der Waals surface area contributed by atoms with Crippen LogP contribution in [-0.2, 0) is 0 Å². The van der Waals surface area contributed by atoms with E-state index >= 15 is 0 Å². The molecular formula is C9H12N2O2S. The molecule has 0 bridgehead atoms. The van der Waals surface area contributed by atoms with Gasteiger partial charge < -0.3 is 5.73 Å². The lowest BCUT2D eigenvalue weighted by Gasteiger charge is -2.03. The predicted molar refractivity (Wildman–Crippen MR) is 57.5 cm³/mol. The molecule has 0 aliphatic heterocycles. The summed E-state index contributed by atoms with van der Waals surface area (Å²) in [5.41, 5.74) is 5.71. The molecule has 1 rings (SSSR count). The Hall–Kier alpha value is -1.07. The maximum atomic E-state index is 10.4. The molecule has 0 saturated heterocycles. The highest BCUT2D eigenvalue weighted by Crippen LogP contribution is 2.21. The maximum absolute atomic E-state index is 10.4. The Bertz CT molecular complexity index is 311. The second kappa shape index (κ2) is 4.97. The number of nitrogens with two attached hydrogens (primary N) is 1. The van der Waals surface area contributed by atoms with Crippen molar-refractivity contribution in [1.29, 1.82) is 0 Å². The van der Waals surface area contributed by atoms with Gasteiger partial charge in [0.05, 0.1) is 4.92 Å². The molecule has 0 amide bonds. The van der Waals surface area contributed by atoms with Crippen LogP contribution in [0.1, 0.15) is 6.92 Å². The molecular weight excluding hydrogens is 200 g/mol. The summed E-state index contributed by atoms with van der Waals surface area (Å²) in [6.45, 7) is 1.93. The molecule has 0 aliphatic rings. The minimum Gasteiger partial charge on any atom is -0.327 e. The zero-order valence-corrected chi connectivity index (χ0v) is 8.66. The molecule has 0 saturated carbocycles. The molecule has 0 radical (unpaired) electrons. The molecule has 76 valence electrons. The van der Waals surface area contributed by atoms with Gasteiger partial charge in [-0.25, -0.2) is 0 Å². The second-order valence-electron chi connectivity index (χ2n) is 3.04. The Kier molecular flexibility index (Phi) is 3.91. The molecule has 1 atom stereocenters. The fraction of sp³-hybridized carbons (Fsp3) is 0.333. The summed E-state index contributed by atoms with van der Waals surface area (Å²) in [6, 6.07) is 6.62. The Labute approximate surface area is 86.6 Å². The van der Waals surface area contributed by atoms with E-state index in [0.717, 1.165) is 10.6 Å². The topological polar surface area (TPSA) is 69.2 Å². The van der Waals surface area contributed by atoms with E-state index in [1.165, 1.54) is 12.1 Å². The van der Waals surface area contributed by atoms with Gasteiger partial charge in [0.2, 0.25) is 0 Å². The molecule has 5 heteroatoms. The summed E-state index contributed by atoms with van der Waals surface area (Å²) in [4.78, 5) is 11.0. The summed E-state index contributed by atoms with van der Waals surface area (Å²) in [7, 11) is 0. The van der Waals surface area contributed by atoms with Crippen LogP contribution in [0.3, 0.4) is 0 Å². The highest BCUT2D eigenvalue weighted by molar-refractivity contribution is 7.99. The van der Waals surface area contributed by atoms with E-state index in [1.54, 1.807) is 23.9 Å². The van der Waals surface area contributed by atoms with Crippen LogP contribution < -0.4 is 5.73 Å². The predicted octanol–water partition coefficient (Wildman–Crippen LogP) is 2.03. The van der Waals surface area contributed by atoms with Gasteiger partial charge in [0, 0.05) is 28.8 Å². The van der Waals surface area contributed by atoms with Crippen molar-refractivity contribution >= 4 is 17.4 Å². The van der Waals surface area contributed by atoms with Crippen LogP contribution in [0.25, 0.3) is 0 Å². The molecule has 1 aromatic carbocycles. The smallest absolute Gasteiger partial charge is 0.269 e. The van der Waals surface area contributed by atoms with Crippen LogP contribution in [0.15, 0.2) is 29.2 Å². The van der Waals surface area contributed by atoms with Crippen LogP contribution >= 0.6 is 11.8 Å². The fourth-order valence-electron chi connectivity index (χ4n) is 0.892. The van der Waals surface area contributed by atoms with Gasteiger partial charge in [0.25, 0.3) is 5.69 Å². The Morgan fingerprint density at radius 2 is 2.07 bits per heavy atom. The minimum atomic E-state index is -0.403. The van der Waals surface area contributed by atoms with Crippen LogP contribution in [0.4, 0.5) is 5.69 Å². The summed E-state index contributed by atoms with van der Waals surface area (Å²) in [5.74, 6) is 0.817. The van der Waals surface area contributed by atoms with Gasteiger partial charge in [0.15, 0.2) is 0 Å². The third-order valence-electron chi connectivity index (χ3n) is 1.56. The van der Waals surface area contributed by atoms with Crippen LogP contribution in [0.2, 0.25) is 0 Å². The highest BCUT2D eigenvalue weighted by atomic mass is 32.2. The molecule has 0 heterocycles. The van der Waals surface area contributed by atoms with E-state index in [2.05, 4.69) is 0 Å². The summed E-state index contributed by atoms with van der Waals surface area (Å²) >= 11 is 1.60. The third-order valence-corrected chi connectivity index (χ3v) is 2.86. The largest absolute Gasteiger partial charge is 0.327 e. The molecule has 2 N–H and O–H groups in total. The number of nitro groups is 1. The maximum Gasteiger partial charge on any atom is 0.269 e. The zero-order valence-electron chi connectivity index (χ0n) is 7.84. The van der Waals surface area contributed by atoms with Crippen molar-refractivity contribution in [3.8, 4) is 0 Å². The van der Waals surface area contributed by atoms with Crippen molar-refractivity contribution in [1.82, 2.24) is 0 Å². The standard InChI is InChI=1S/C9H12N2O2S/c1-7(10)6-14-9-4-2-8(3-5-9)11(12)13/h2-5,7H,6,10H2,1H3/t7-/m1/s1. The number of thioether (sulfide) groups is 1. The van der Waals surface area contributed by atoms with Gasteiger partial charge in [-0.05, 0) is 19.1 Å². The van der Waals surface area contributed by atoms with Crippen LogP contribution in [0, 0.1) is 10.1 Å². The average Bonchev–Trinajstić information content (AvgIpc) is 2.15. The number of nitro benzene ring substituents is 1. The van der Waals surface area contributed by atoms with Crippen molar-refractivity contribution in [3.63, 3.8) is 0 Å². The molecule has 0 aliphatic carbocycles. The average molecular weight is 212 g/mol. The van der Waals surface area contributed by atoms with E-state index < -0.39 is 4.92 Å². The number of nitrogens with zero attached hydrogens (tertiary/aromatic N) is 1. The Balaban J connectivity index is 2.60. The van der Waals surface area contributed by atoms with Gasteiger partial charge in [-0.15, -0.1) is 11.8 Å². The van der Waals surface area contributed by atoms with Crippen molar-refractivity contribution in [2.45, 2.75) is 17.9 Å². The second-order valence-corrected chi connectivity index (χ2v) is 4.13. The first-order chi connectivity index (χ1) is 6.59. The van der Waals surface area contributed by atoms with E-state index in [-0.39, 0.29) is 11.7 Å². The monoisotopic (exact) mass is 212 g/mol. The third kappa shape index (κ3) is 3.35. The number of non-ortho nitro benzene ring substituents is 1. The van der Waals surface area contributed by atoms with Crippen molar-refractivity contribution in [2.24, 2.45) is 5.73 Å². The highest BCUT2D eigenvalue weighted by Gasteiger charge is 2.04. The Morgan fingerprint density at radius 3 is 2.50 bits per heavy atom. The lowest BCUT2D eigenvalue weighted by molar-refractivity contribution is -0.384.